The van der Waals surface area contributed by atoms with E-state index in [-0.39, 0.29) is 0 Å². The zero-order chi connectivity index (χ0) is 14.0. The lowest BCUT2D eigenvalue weighted by molar-refractivity contribution is 0.110. The summed E-state index contributed by atoms with van der Waals surface area (Å²) in [6.45, 7) is 5.00. The van der Waals surface area contributed by atoms with Crippen molar-refractivity contribution in [1.29, 1.82) is 0 Å². The summed E-state index contributed by atoms with van der Waals surface area (Å²) < 4.78 is 0. The van der Waals surface area contributed by atoms with Gasteiger partial charge in [0.15, 0.2) is 0 Å². The third kappa shape index (κ3) is 1.61. The molecule has 1 nitrogen and oxygen atoms in total. The molecule has 0 aromatic rings. The van der Waals surface area contributed by atoms with Crippen LogP contribution in [-0.2, 0) is 0 Å². The van der Waals surface area contributed by atoms with Crippen LogP contribution < -0.4 is 5.73 Å². The number of thioether (sulfide) groups is 1. The average molecular weight is 289 g/mol. The van der Waals surface area contributed by atoms with E-state index >= 15 is 0 Å². The molecule has 2 heteroatoms. The molecule has 5 atom stereocenters. The van der Waals surface area contributed by atoms with Gasteiger partial charge < -0.3 is 5.73 Å². The predicted octanol–water partition coefficient (Wildman–Crippen LogP) is 4.15. The van der Waals surface area contributed by atoms with Gasteiger partial charge in [-0.25, -0.2) is 0 Å². The Kier molecular flexibility index (Phi) is 2.96. The van der Waals surface area contributed by atoms with Crippen molar-refractivity contribution in [2.75, 3.05) is 11.5 Å². The largest absolute Gasteiger partial charge is 0.327 e. The van der Waals surface area contributed by atoms with Crippen LogP contribution in [-0.4, -0.2) is 17.5 Å². The molecule has 4 rings (SSSR count). The molecule has 1 saturated heterocycles. The third-order valence-electron chi connectivity index (χ3n) is 7.08. The molecule has 1 heterocycles. The van der Waals surface area contributed by atoms with Gasteiger partial charge in [-0.3, -0.25) is 0 Å². The van der Waals surface area contributed by atoms with E-state index < -0.39 is 0 Å². The van der Waals surface area contributed by atoms with Crippen molar-refractivity contribution in [3.05, 3.63) is 23.3 Å². The average Bonchev–Trinajstić information content (AvgIpc) is 2.74. The van der Waals surface area contributed by atoms with Gasteiger partial charge in [0.25, 0.3) is 0 Å². The molecule has 0 aromatic carbocycles. The number of rotatable bonds is 0. The molecule has 0 spiro atoms. The first-order valence-corrected chi connectivity index (χ1v) is 9.45. The van der Waals surface area contributed by atoms with E-state index in [4.69, 9.17) is 5.73 Å². The van der Waals surface area contributed by atoms with Crippen molar-refractivity contribution >= 4 is 11.8 Å². The Morgan fingerprint density at radius 1 is 1.15 bits per heavy atom. The van der Waals surface area contributed by atoms with Crippen molar-refractivity contribution in [2.24, 2.45) is 28.4 Å². The fraction of sp³-hybridized carbons (Fsp3) is 0.778. The van der Waals surface area contributed by atoms with Crippen molar-refractivity contribution in [2.45, 2.75) is 52.0 Å². The molecule has 0 radical (unpaired) electrons. The monoisotopic (exact) mass is 289 g/mol. The first kappa shape index (κ1) is 13.5. The van der Waals surface area contributed by atoms with E-state index in [1.165, 1.54) is 43.6 Å². The molecule has 1 unspecified atom stereocenters. The highest BCUT2D eigenvalue weighted by atomic mass is 32.2. The van der Waals surface area contributed by atoms with Gasteiger partial charge in [0, 0.05) is 17.2 Å². The first-order chi connectivity index (χ1) is 9.56. The van der Waals surface area contributed by atoms with E-state index in [9.17, 15) is 0 Å². The molecule has 2 N–H and O–H groups in total. The summed E-state index contributed by atoms with van der Waals surface area (Å²) >= 11 is 2.17. The summed E-state index contributed by atoms with van der Waals surface area (Å²) in [5.74, 6) is 4.22. The number of hydrogen-bond donors (Lipinski definition) is 1. The van der Waals surface area contributed by atoms with Crippen molar-refractivity contribution < 1.29 is 0 Å². The number of fused-ring (bicyclic) bond motifs is 5. The SMILES string of the molecule is C[C@]12CSCCC1=CC=C1[C@H]2CC[C@]2(C)C(N)CC[C@@H]12. The molecule has 0 aromatic heterocycles. The minimum atomic E-state index is 0.381. The summed E-state index contributed by atoms with van der Waals surface area (Å²) in [5, 5.41) is 0. The van der Waals surface area contributed by atoms with Gasteiger partial charge in [-0.15, -0.1) is 0 Å². The Bertz CT molecular complexity index is 494. The van der Waals surface area contributed by atoms with E-state index in [0.29, 0.717) is 16.9 Å². The molecule has 3 fully saturated rings. The summed E-state index contributed by atoms with van der Waals surface area (Å²) in [6, 6.07) is 0.424. The fourth-order valence-corrected chi connectivity index (χ4v) is 6.91. The highest BCUT2D eigenvalue weighted by molar-refractivity contribution is 7.99. The van der Waals surface area contributed by atoms with Crippen LogP contribution in [0.5, 0.6) is 0 Å². The smallest absolute Gasteiger partial charge is 0.00988 e. The fourth-order valence-electron chi connectivity index (χ4n) is 5.59. The molecule has 0 amide bonds. The Labute approximate surface area is 127 Å². The maximum Gasteiger partial charge on any atom is 0.00988 e. The molecule has 20 heavy (non-hydrogen) atoms. The maximum atomic E-state index is 6.46. The van der Waals surface area contributed by atoms with E-state index in [2.05, 4.69) is 37.8 Å². The lowest BCUT2D eigenvalue weighted by atomic mass is 9.53. The van der Waals surface area contributed by atoms with Crippen molar-refractivity contribution in [3.63, 3.8) is 0 Å². The zero-order valence-corrected chi connectivity index (χ0v) is 13.6. The van der Waals surface area contributed by atoms with Crippen LogP contribution in [0.1, 0.15) is 46.0 Å². The van der Waals surface area contributed by atoms with Crippen LogP contribution in [0.15, 0.2) is 23.3 Å². The minimum absolute atomic E-state index is 0.381. The molecular weight excluding hydrogens is 262 g/mol. The second-order valence-electron chi connectivity index (χ2n) is 7.91. The normalized spacial score (nSPS) is 50.6. The Balaban J connectivity index is 1.76. The van der Waals surface area contributed by atoms with Crippen LogP contribution in [0.25, 0.3) is 0 Å². The van der Waals surface area contributed by atoms with Gasteiger partial charge in [-0.05, 0) is 55.1 Å². The summed E-state index contributed by atoms with van der Waals surface area (Å²) in [7, 11) is 0. The van der Waals surface area contributed by atoms with Gasteiger partial charge >= 0.3 is 0 Å². The Hall–Kier alpha value is -0.210. The number of hydrogen-bond acceptors (Lipinski definition) is 2. The van der Waals surface area contributed by atoms with Crippen LogP contribution in [0.2, 0.25) is 0 Å². The first-order valence-electron chi connectivity index (χ1n) is 8.30. The molecule has 0 bridgehead atoms. The van der Waals surface area contributed by atoms with Gasteiger partial charge in [0.05, 0.1) is 0 Å². The van der Waals surface area contributed by atoms with Gasteiger partial charge in [0.1, 0.15) is 0 Å². The van der Waals surface area contributed by atoms with Crippen LogP contribution in [0.4, 0.5) is 0 Å². The summed E-state index contributed by atoms with van der Waals surface area (Å²) in [4.78, 5) is 0. The van der Waals surface area contributed by atoms with Crippen LogP contribution in [0, 0.1) is 22.7 Å². The number of nitrogens with two attached hydrogens (primary N) is 1. The van der Waals surface area contributed by atoms with Crippen LogP contribution >= 0.6 is 11.8 Å². The second-order valence-corrected chi connectivity index (χ2v) is 9.02. The molecule has 1 aliphatic heterocycles. The highest BCUT2D eigenvalue weighted by Gasteiger charge is 2.55. The lowest BCUT2D eigenvalue weighted by Gasteiger charge is -2.53. The van der Waals surface area contributed by atoms with Gasteiger partial charge in [-0.2, -0.15) is 11.8 Å². The molecule has 2 saturated carbocycles. The number of allylic oxidation sites excluding steroid dienone is 4. The maximum absolute atomic E-state index is 6.46. The lowest BCUT2D eigenvalue weighted by Crippen LogP contribution is -2.48. The van der Waals surface area contributed by atoms with E-state index in [1.54, 1.807) is 11.1 Å². The predicted molar refractivity (Wildman–Crippen MR) is 87.7 cm³/mol. The Morgan fingerprint density at radius 3 is 2.85 bits per heavy atom. The molecule has 3 aliphatic carbocycles. The molecule has 110 valence electrons. The Morgan fingerprint density at radius 2 is 2.00 bits per heavy atom. The van der Waals surface area contributed by atoms with E-state index in [0.717, 1.165) is 11.8 Å². The highest BCUT2D eigenvalue weighted by Crippen LogP contribution is 2.62. The summed E-state index contributed by atoms with van der Waals surface area (Å²) in [6.07, 6.45) is 11.6. The van der Waals surface area contributed by atoms with E-state index in [1.807, 2.05) is 0 Å². The third-order valence-corrected chi connectivity index (χ3v) is 8.38. The van der Waals surface area contributed by atoms with Crippen molar-refractivity contribution in [3.8, 4) is 0 Å². The van der Waals surface area contributed by atoms with Gasteiger partial charge in [-0.1, -0.05) is 37.1 Å². The van der Waals surface area contributed by atoms with Crippen molar-refractivity contribution in [1.82, 2.24) is 0 Å². The molecule has 4 aliphatic rings. The van der Waals surface area contributed by atoms with Crippen LogP contribution in [0.3, 0.4) is 0 Å². The summed E-state index contributed by atoms with van der Waals surface area (Å²) in [5.41, 5.74) is 10.8. The van der Waals surface area contributed by atoms with Gasteiger partial charge in [0.2, 0.25) is 0 Å². The zero-order valence-electron chi connectivity index (χ0n) is 12.8. The topological polar surface area (TPSA) is 26.0 Å². The quantitative estimate of drug-likeness (QED) is 0.725. The second kappa shape index (κ2) is 4.39. The minimum Gasteiger partial charge on any atom is -0.327 e. The standard InChI is InChI=1S/C18H27NS/c1-17-9-7-15-13(14(17)5-6-16(17)19)4-3-12-8-10-20-11-18(12,15)2/h3-4,14-16H,5-11,19H2,1-2H3/t14-,15+,16?,17-,18-/m0/s1. The molecular formula is C18H27NS.